The van der Waals surface area contributed by atoms with Crippen LogP contribution in [0.3, 0.4) is 0 Å². The number of hydrogen-bond acceptors (Lipinski definition) is 4. The molecule has 0 spiro atoms. The molecule has 0 aliphatic carbocycles. The average molecular weight is 254 g/mol. The lowest BCUT2D eigenvalue weighted by atomic mass is 10.1. The van der Waals surface area contributed by atoms with E-state index in [0.717, 1.165) is 23.5 Å². The summed E-state index contributed by atoms with van der Waals surface area (Å²) in [6, 6.07) is 5.75. The van der Waals surface area contributed by atoms with Crippen molar-refractivity contribution in [2.45, 2.75) is 26.6 Å². The molecule has 0 saturated heterocycles. The molecule has 0 heterocycles. The Hall–Kier alpha value is -1.26. The Morgan fingerprint density at radius 2 is 1.89 bits per heavy atom. The van der Waals surface area contributed by atoms with Crippen molar-refractivity contribution < 1.29 is 18.9 Å². The zero-order valence-corrected chi connectivity index (χ0v) is 11.6. The Morgan fingerprint density at radius 1 is 1.17 bits per heavy atom. The molecule has 1 aromatic carbocycles. The Balaban J connectivity index is 2.87. The molecule has 1 aromatic rings. The molecule has 1 atom stereocenters. The minimum absolute atomic E-state index is 0.275. The summed E-state index contributed by atoms with van der Waals surface area (Å²) in [4.78, 5) is 0. The van der Waals surface area contributed by atoms with Crippen LogP contribution in [0.1, 0.15) is 19.4 Å². The molecular formula is C14H22O4. The SMILES string of the molecule is CCOC(C)Oc1cccc(OC)c1CCOC. The van der Waals surface area contributed by atoms with Gasteiger partial charge in [-0.25, -0.2) is 0 Å². The molecule has 4 heteroatoms. The van der Waals surface area contributed by atoms with Gasteiger partial charge in [0.1, 0.15) is 11.5 Å². The quantitative estimate of drug-likeness (QED) is 0.668. The van der Waals surface area contributed by atoms with Crippen LogP contribution < -0.4 is 9.47 Å². The molecule has 102 valence electrons. The molecule has 4 nitrogen and oxygen atoms in total. The van der Waals surface area contributed by atoms with Crippen LogP contribution in [0.5, 0.6) is 11.5 Å². The average Bonchev–Trinajstić information content (AvgIpc) is 2.37. The topological polar surface area (TPSA) is 36.9 Å². The van der Waals surface area contributed by atoms with Gasteiger partial charge in [-0.1, -0.05) is 6.07 Å². The van der Waals surface area contributed by atoms with E-state index in [1.807, 2.05) is 32.0 Å². The van der Waals surface area contributed by atoms with Crippen LogP contribution in [0.4, 0.5) is 0 Å². The maximum atomic E-state index is 5.77. The third-order valence-corrected chi connectivity index (χ3v) is 2.56. The fourth-order valence-electron chi connectivity index (χ4n) is 1.75. The third kappa shape index (κ3) is 4.20. The first-order chi connectivity index (χ1) is 8.72. The summed E-state index contributed by atoms with van der Waals surface area (Å²) in [6.07, 6.45) is 0.470. The van der Waals surface area contributed by atoms with E-state index < -0.39 is 0 Å². The number of benzene rings is 1. The molecule has 0 saturated carbocycles. The lowest BCUT2D eigenvalue weighted by Gasteiger charge is -2.18. The predicted octanol–water partition coefficient (Wildman–Crippen LogP) is 2.65. The summed E-state index contributed by atoms with van der Waals surface area (Å²) in [5.74, 6) is 1.60. The molecule has 1 unspecified atom stereocenters. The molecule has 18 heavy (non-hydrogen) atoms. The van der Waals surface area contributed by atoms with Gasteiger partial charge in [-0.15, -0.1) is 0 Å². The molecule has 1 rings (SSSR count). The minimum atomic E-state index is -0.275. The van der Waals surface area contributed by atoms with Gasteiger partial charge in [0, 0.05) is 25.7 Å². The van der Waals surface area contributed by atoms with Gasteiger partial charge in [0.25, 0.3) is 0 Å². The van der Waals surface area contributed by atoms with Crippen molar-refractivity contribution in [3.63, 3.8) is 0 Å². The predicted molar refractivity (Wildman–Crippen MR) is 70.3 cm³/mol. The largest absolute Gasteiger partial charge is 0.496 e. The molecule has 0 aliphatic rings. The van der Waals surface area contributed by atoms with Crippen LogP contribution in [-0.4, -0.2) is 33.7 Å². The van der Waals surface area contributed by atoms with E-state index in [0.29, 0.717) is 13.2 Å². The van der Waals surface area contributed by atoms with E-state index in [4.69, 9.17) is 18.9 Å². The van der Waals surface area contributed by atoms with Gasteiger partial charge in [0.15, 0.2) is 6.29 Å². The highest BCUT2D eigenvalue weighted by Crippen LogP contribution is 2.29. The maximum absolute atomic E-state index is 5.77. The van der Waals surface area contributed by atoms with E-state index in [-0.39, 0.29) is 6.29 Å². The zero-order valence-electron chi connectivity index (χ0n) is 11.6. The Kier molecular flexibility index (Phi) is 6.54. The van der Waals surface area contributed by atoms with Crippen molar-refractivity contribution in [2.24, 2.45) is 0 Å². The van der Waals surface area contributed by atoms with Crippen LogP contribution in [-0.2, 0) is 15.9 Å². The van der Waals surface area contributed by atoms with Crippen LogP contribution in [0.15, 0.2) is 18.2 Å². The molecule has 0 amide bonds. The maximum Gasteiger partial charge on any atom is 0.196 e. The Labute approximate surface area is 109 Å². The summed E-state index contributed by atoms with van der Waals surface area (Å²) in [5, 5.41) is 0. The summed E-state index contributed by atoms with van der Waals surface area (Å²) < 4.78 is 21.6. The van der Waals surface area contributed by atoms with Crippen LogP contribution >= 0.6 is 0 Å². The number of rotatable bonds is 8. The zero-order chi connectivity index (χ0) is 13.4. The molecule has 0 aliphatic heterocycles. The summed E-state index contributed by atoms with van der Waals surface area (Å²) in [7, 11) is 3.33. The molecule has 0 radical (unpaired) electrons. The van der Waals surface area contributed by atoms with Crippen LogP contribution in [0, 0.1) is 0 Å². The fourth-order valence-corrected chi connectivity index (χ4v) is 1.75. The highest BCUT2D eigenvalue weighted by atomic mass is 16.7. The van der Waals surface area contributed by atoms with Gasteiger partial charge >= 0.3 is 0 Å². The van der Waals surface area contributed by atoms with Gasteiger partial charge in [-0.2, -0.15) is 0 Å². The molecule has 0 fully saturated rings. The second kappa shape index (κ2) is 7.95. The molecule has 0 aromatic heterocycles. The smallest absolute Gasteiger partial charge is 0.196 e. The normalized spacial score (nSPS) is 12.2. The van der Waals surface area contributed by atoms with Gasteiger partial charge in [-0.05, 0) is 26.0 Å². The second-order valence-electron chi connectivity index (χ2n) is 3.82. The summed E-state index contributed by atoms with van der Waals surface area (Å²) in [6.45, 7) is 5.07. The van der Waals surface area contributed by atoms with Crippen molar-refractivity contribution >= 4 is 0 Å². The highest BCUT2D eigenvalue weighted by Gasteiger charge is 2.12. The number of hydrogen-bond donors (Lipinski definition) is 0. The highest BCUT2D eigenvalue weighted by molar-refractivity contribution is 5.45. The van der Waals surface area contributed by atoms with Crippen molar-refractivity contribution in [3.8, 4) is 11.5 Å². The molecular weight excluding hydrogens is 232 g/mol. The van der Waals surface area contributed by atoms with E-state index in [2.05, 4.69) is 0 Å². The Morgan fingerprint density at radius 3 is 2.50 bits per heavy atom. The lowest BCUT2D eigenvalue weighted by Crippen LogP contribution is -2.17. The van der Waals surface area contributed by atoms with Gasteiger partial charge < -0.3 is 18.9 Å². The molecule has 0 N–H and O–H groups in total. The first kappa shape index (κ1) is 14.8. The van der Waals surface area contributed by atoms with Crippen LogP contribution in [0.2, 0.25) is 0 Å². The van der Waals surface area contributed by atoms with Gasteiger partial charge in [-0.3, -0.25) is 0 Å². The first-order valence-corrected chi connectivity index (χ1v) is 6.16. The Bertz CT molecular complexity index is 352. The number of methoxy groups -OCH3 is 2. The minimum Gasteiger partial charge on any atom is -0.496 e. The van der Waals surface area contributed by atoms with Crippen molar-refractivity contribution in [3.05, 3.63) is 23.8 Å². The second-order valence-corrected chi connectivity index (χ2v) is 3.82. The van der Waals surface area contributed by atoms with Crippen molar-refractivity contribution in [1.82, 2.24) is 0 Å². The first-order valence-electron chi connectivity index (χ1n) is 6.16. The standard InChI is InChI=1S/C14H22O4/c1-5-17-11(2)18-14-8-6-7-13(16-4)12(14)9-10-15-3/h6-8,11H,5,9-10H2,1-4H3. The van der Waals surface area contributed by atoms with E-state index in [1.54, 1.807) is 14.2 Å². The van der Waals surface area contributed by atoms with Gasteiger partial charge in [0.05, 0.1) is 13.7 Å². The van der Waals surface area contributed by atoms with Gasteiger partial charge in [0.2, 0.25) is 0 Å². The van der Waals surface area contributed by atoms with Crippen molar-refractivity contribution in [1.29, 1.82) is 0 Å². The fraction of sp³-hybridized carbons (Fsp3) is 0.571. The van der Waals surface area contributed by atoms with E-state index in [9.17, 15) is 0 Å². The van der Waals surface area contributed by atoms with Crippen LogP contribution in [0.25, 0.3) is 0 Å². The number of ether oxygens (including phenoxy) is 4. The summed E-state index contributed by atoms with van der Waals surface area (Å²) in [5.41, 5.74) is 1.01. The lowest BCUT2D eigenvalue weighted by molar-refractivity contribution is -0.0619. The van der Waals surface area contributed by atoms with Crippen molar-refractivity contribution in [2.75, 3.05) is 27.4 Å². The monoisotopic (exact) mass is 254 g/mol. The van der Waals surface area contributed by atoms with E-state index >= 15 is 0 Å². The molecule has 0 bridgehead atoms. The summed E-state index contributed by atoms with van der Waals surface area (Å²) >= 11 is 0. The third-order valence-electron chi connectivity index (χ3n) is 2.56. The van der Waals surface area contributed by atoms with E-state index in [1.165, 1.54) is 0 Å².